The molecular formula is C24H22N4O3. The number of urea groups is 1. The largest absolute Gasteiger partial charge is 0.335 e. The minimum absolute atomic E-state index is 0.0829. The molecule has 4 amide bonds. The fraction of sp³-hybridized carbons (Fsp3) is 0.167. The second-order valence-corrected chi connectivity index (χ2v) is 7.31. The van der Waals surface area contributed by atoms with E-state index in [9.17, 15) is 14.4 Å². The van der Waals surface area contributed by atoms with E-state index in [-0.39, 0.29) is 5.57 Å². The fourth-order valence-electron chi connectivity index (χ4n) is 3.88. The average molecular weight is 414 g/mol. The maximum absolute atomic E-state index is 13.3. The zero-order valence-corrected chi connectivity index (χ0v) is 17.5. The van der Waals surface area contributed by atoms with Crippen molar-refractivity contribution >= 4 is 29.6 Å². The van der Waals surface area contributed by atoms with Gasteiger partial charge >= 0.3 is 6.03 Å². The van der Waals surface area contributed by atoms with Gasteiger partial charge in [0.1, 0.15) is 5.57 Å². The maximum atomic E-state index is 13.3. The Morgan fingerprint density at radius 3 is 2.45 bits per heavy atom. The Morgan fingerprint density at radius 1 is 1.03 bits per heavy atom. The van der Waals surface area contributed by atoms with Crippen LogP contribution in [0.15, 0.2) is 60.4 Å². The fourth-order valence-corrected chi connectivity index (χ4v) is 3.88. The first-order valence-electron chi connectivity index (χ1n) is 10.0. The molecule has 0 saturated carbocycles. The number of carbonyl (C=O) groups is 3. The summed E-state index contributed by atoms with van der Waals surface area (Å²) in [5.41, 5.74) is 4.72. The number of rotatable bonds is 4. The van der Waals surface area contributed by atoms with Crippen molar-refractivity contribution in [1.29, 1.82) is 0 Å². The first kappa shape index (κ1) is 20.3. The maximum Gasteiger partial charge on any atom is 0.335 e. The monoisotopic (exact) mass is 414 g/mol. The van der Waals surface area contributed by atoms with E-state index in [0.717, 1.165) is 33.1 Å². The zero-order valence-electron chi connectivity index (χ0n) is 17.5. The summed E-state index contributed by atoms with van der Waals surface area (Å²) in [6.07, 6.45) is 5.61. The van der Waals surface area contributed by atoms with Crippen LogP contribution in [0.4, 0.5) is 10.5 Å². The van der Waals surface area contributed by atoms with Gasteiger partial charge < -0.3 is 4.57 Å². The number of imide groups is 2. The van der Waals surface area contributed by atoms with E-state index in [0.29, 0.717) is 12.1 Å². The second kappa shape index (κ2) is 8.02. The smallest absolute Gasteiger partial charge is 0.318 e. The van der Waals surface area contributed by atoms with Gasteiger partial charge in [-0.15, -0.1) is 0 Å². The Bertz CT molecular complexity index is 1220. The number of nitrogens with one attached hydrogen (secondary N) is 1. The van der Waals surface area contributed by atoms with Crippen LogP contribution in [0, 0.1) is 13.8 Å². The number of barbiturate groups is 1. The van der Waals surface area contributed by atoms with Crippen LogP contribution >= 0.6 is 0 Å². The normalized spacial score (nSPS) is 15.5. The highest BCUT2D eigenvalue weighted by Gasteiger charge is 2.37. The van der Waals surface area contributed by atoms with E-state index < -0.39 is 17.8 Å². The van der Waals surface area contributed by atoms with Crippen molar-refractivity contribution in [2.75, 3.05) is 4.90 Å². The lowest BCUT2D eigenvalue weighted by atomic mass is 10.0. The lowest BCUT2D eigenvalue weighted by Gasteiger charge is -2.27. The third kappa shape index (κ3) is 3.54. The molecule has 31 heavy (non-hydrogen) atoms. The van der Waals surface area contributed by atoms with Crippen LogP contribution in [0.5, 0.6) is 0 Å². The minimum Gasteiger partial charge on any atom is -0.318 e. The van der Waals surface area contributed by atoms with Gasteiger partial charge in [-0.25, -0.2) is 9.69 Å². The summed E-state index contributed by atoms with van der Waals surface area (Å²) in [5.74, 6) is -1.34. The van der Waals surface area contributed by atoms with Gasteiger partial charge in [0.25, 0.3) is 11.8 Å². The Hall–Kier alpha value is -4.00. The molecule has 1 aliphatic rings. The van der Waals surface area contributed by atoms with Crippen LogP contribution in [0.1, 0.15) is 29.4 Å². The van der Waals surface area contributed by atoms with Gasteiger partial charge in [0.2, 0.25) is 0 Å². The minimum atomic E-state index is -0.740. The number of aryl methyl sites for hydroxylation is 2. The molecule has 7 nitrogen and oxygen atoms in total. The molecule has 1 aliphatic heterocycles. The van der Waals surface area contributed by atoms with Crippen molar-refractivity contribution in [2.24, 2.45) is 0 Å². The van der Waals surface area contributed by atoms with Crippen LogP contribution in [-0.2, 0) is 16.0 Å². The van der Waals surface area contributed by atoms with Gasteiger partial charge in [-0.05, 0) is 61.7 Å². The van der Waals surface area contributed by atoms with E-state index in [4.69, 9.17) is 0 Å². The third-order valence-electron chi connectivity index (χ3n) is 5.41. The van der Waals surface area contributed by atoms with Crippen molar-refractivity contribution in [1.82, 2.24) is 14.9 Å². The average Bonchev–Trinajstić information content (AvgIpc) is 3.04. The number of para-hydroxylation sites is 1. The number of pyridine rings is 1. The number of benzene rings is 1. The van der Waals surface area contributed by atoms with E-state index >= 15 is 0 Å². The van der Waals surface area contributed by atoms with Gasteiger partial charge in [0, 0.05) is 29.5 Å². The number of carbonyl (C=O) groups excluding carboxylic acids is 3. The molecule has 1 N–H and O–H groups in total. The summed E-state index contributed by atoms with van der Waals surface area (Å²) in [4.78, 5) is 43.4. The first-order valence-corrected chi connectivity index (χ1v) is 10.0. The summed E-state index contributed by atoms with van der Waals surface area (Å²) in [6.45, 7) is 5.81. The van der Waals surface area contributed by atoms with E-state index in [2.05, 4.69) is 10.3 Å². The Morgan fingerprint density at radius 2 is 1.74 bits per heavy atom. The molecule has 0 radical (unpaired) electrons. The quantitative estimate of drug-likeness (QED) is 0.521. The highest BCUT2D eigenvalue weighted by molar-refractivity contribution is 6.39. The molecule has 1 saturated heterocycles. The Kier molecular flexibility index (Phi) is 5.25. The summed E-state index contributed by atoms with van der Waals surface area (Å²) in [6, 6.07) is 12.1. The lowest BCUT2D eigenvalue weighted by Crippen LogP contribution is -2.54. The van der Waals surface area contributed by atoms with Gasteiger partial charge in [-0.3, -0.25) is 19.9 Å². The zero-order chi connectivity index (χ0) is 22.1. The standard InChI is InChI=1S/C24H22N4O3/c1-4-17-7-5-6-8-21(17)28-23(30)20(22(29)26-24(28)31)14-18-13-15(2)27(16(18)3)19-9-11-25-12-10-19/h5-14H,4H2,1-3H3,(H,26,29,31)/b20-14-. The van der Waals surface area contributed by atoms with Gasteiger partial charge in [-0.1, -0.05) is 25.1 Å². The van der Waals surface area contributed by atoms with E-state index in [1.54, 1.807) is 30.6 Å². The van der Waals surface area contributed by atoms with Crippen molar-refractivity contribution in [2.45, 2.75) is 27.2 Å². The van der Waals surface area contributed by atoms with Crippen molar-refractivity contribution in [3.63, 3.8) is 0 Å². The number of hydrogen-bond donors (Lipinski definition) is 1. The Labute approximate surface area is 180 Å². The van der Waals surface area contributed by atoms with Crippen LogP contribution in [-0.4, -0.2) is 27.4 Å². The molecular weight excluding hydrogens is 392 g/mol. The third-order valence-corrected chi connectivity index (χ3v) is 5.41. The molecule has 4 rings (SSSR count). The molecule has 0 atom stereocenters. The van der Waals surface area contributed by atoms with Crippen molar-refractivity contribution in [3.05, 3.63) is 82.9 Å². The molecule has 156 valence electrons. The molecule has 2 aromatic heterocycles. The molecule has 1 fully saturated rings. The molecule has 7 heteroatoms. The highest BCUT2D eigenvalue weighted by Crippen LogP contribution is 2.27. The molecule has 0 unspecified atom stereocenters. The summed E-state index contributed by atoms with van der Waals surface area (Å²) >= 11 is 0. The number of nitrogens with zero attached hydrogens (tertiary/aromatic N) is 3. The summed E-state index contributed by atoms with van der Waals surface area (Å²) < 4.78 is 2.02. The van der Waals surface area contributed by atoms with Crippen LogP contribution in [0.25, 0.3) is 11.8 Å². The summed E-state index contributed by atoms with van der Waals surface area (Å²) in [7, 11) is 0. The number of aromatic nitrogens is 2. The predicted octanol–water partition coefficient (Wildman–Crippen LogP) is 3.72. The van der Waals surface area contributed by atoms with Gasteiger partial charge in [-0.2, -0.15) is 0 Å². The number of amides is 4. The van der Waals surface area contributed by atoms with Gasteiger partial charge in [0.15, 0.2) is 0 Å². The van der Waals surface area contributed by atoms with E-state index in [1.807, 2.05) is 55.7 Å². The molecule has 3 heterocycles. The molecule has 0 aliphatic carbocycles. The second-order valence-electron chi connectivity index (χ2n) is 7.31. The summed E-state index contributed by atoms with van der Waals surface area (Å²) in [5, 5.41) is 2.30. The SMILES string of the molecule is CCc1ccccc1N1C(=O)NC(=O)/C(=C/c2cc(C)n(-c3ccncc3)c2C)C1=O. The van der Waals surface area contributed by atoms with E-state index in [1.165, 1.54) is 0 Å². The van der Waals surface area contributed by atoms with Crippen LogP contribution in [0.3, 0.4) is 0 Å². The molecule has 0 bridgehead atoms. The first-order chi connectivity index (χ1) is 14.9. The van der Waals surface area contributed by atoms with Crippen molar-refractivity contribution in [3.8, 4) is 5.69 Å². The van der Waals surface area contributed by atoms with Gasteiger partial charge in [0.05, 0.1) is 5.69 Å². The Balaban J connectivity index is 1.78. The number of anilines is 1. The highest BCUT2D eigenvalue weighted by atomic mass is 16.2. The molecule has 3 aromatic rings. The number of hydrogen-bond acceptors (Lipinski definition) is 4. The lowest BCUT2D eigenvalue weighted by molar-refractivity contribution is -0.122. The van der Waals surface area contributed by atoms with Crippen LogP contribution < -0.4 is 10.2 Å². The molecule has 1 aromatic carbocycles. The van der Waals surface area contributed by atoms with Crippen LogP contribution in [0.2, 0.25) is 0 Å². The topological polar surface area (TPSA) is 84.3 Å². The molecule has 0 spiro atoms. The van der Waals surface area contributed by atoms with Crippen molar-refractivity contribution < 1.29 is 14.4 Å². The predicted molar refractivity (Wildman–Crippen MR) is 118 cm³/mol.